The van der Waals surface area contributed by atoms with Gasteiger partial charge in [-0.25, -0.2) is 0 Å². The first-order valence-electron chi connectivity index (χ1n) is 4.43. The molecule has 82 valence electrons. The Morgan fingerprint density at radius 3 is 3.20 bits per heavy atom. The zero-order valence-corrected chi connectivity index (χ0v) is 10.2. The van der Waals surface area contributed by atoms with Gasteiger partial charge in [0.15, 0.2) is 0 Å². The monoisotopic (exact) mass is 291 g/mol. The highest BCUT2D eigenvalue weighted by Crippen LogP contribution is 2.20. The van der Waals surface area contributed by atoms with Crippen molar-refractivity contribution in [2.75, 3.05) is 5.75 Å². The van der Waals surface area contributed by atoms with Crippen LogP contribution in [0.3, 0.4) is 0 Å². The van der Waals surface area contributed by atoms with Crippen LogP contribution >= 0.6 is 27.7 Å². The molecule has 1 aliphatic rings. The van der Waals surface area contributed by atoms with E-state index >= 15 is 0 Å². The van der Waals surface area contributed by atoms with Crippen LogP contribution in [0.5, 0.6) is 0 Å². The van der Waals surface area contributed by atoms with Crippen LogP contribution in [0.15, 0.2) is 16.9 Å². The molecule has 5 nitrogen and oxygen atoms in total. The van der Waals surface area contributed by atoms with Gasteiger partial charge in [-0.05, 0) is 15.9 Å². The maximum absolute atomic E-state index is 10.7. The van der Waals surface area contributed by atoms with Crippen LogP contribution in [0.2, 0.25) is 0 Å². The molecule has 1 aromatic heterocycles. The summed E-state index contributed by atoms with van der Waals surface area (Å²) >= 11 is 4.93. The number of carboxylic acids is 1. The average Bonchev–Trinajstić information content (AvgIpc) is 2.76. The Balaban J connectivity index is 1.90. The quantitative estimate of drug-likeness (QED) is 0.861. The highest BCUT2D eigenvalue weighted by molar-refractivity contribution is 9.10. The summed E-state index contributed by atoms with van der Waals surface area (Å²) in [7, 11) is 0. The van der Waals surface area contributed by atoms with E-state index in [1.54, 1.807) is 22.6 Å². The lowest BCUT2D eigenvalue weighted by atomic mass is 10.3. The fraction of sp³-hybridized carbons (Fsp3) is 0.500. The summed E-state index contributed by atoms with van der Waals surface area (Å²) in [5, 5.41) is 16.1. The maximum Gasteiger partial charge on any atom is 0.321 e. The lowest BCUT2D eigenvalue weighted by Crippen LogP contribution is -2.38. The molecule has 7 heteroatoms. The lowest BCUT2D eigenvalue weighted by molar-refractivity contribution is -0.138. The van der Waals surface area contributed by atoms with E-state index in [0.717, 1.165) is 4.47 Å². The normalized spacial score (nSPS) is 25.7. The van der Waals surface area contributed by atoms with Crippen LogP contribution in [0.1, 0.15) is 0 Å². The zero-order valence-electron chi connectivity index (χ0n) is 7.76. The van der Waals surface area contributed by atoms with Crippen LogP contribution in [0.25, 0.3) is 0 Å². The fourth-order valence-electron chi connectivity index (χ4n) is 1.39. The number of carbonyl (C=O) groups is 1. The van der Waals surface area contributed by atoms with Crippen LogP contribution in [-0.2, 0) is 11.3 Å². The van der Waals surface area contributed by atoms with Gasteiger partial charge < -0.3 is 5.11 Å². The zero-order chi connectivity index (χ0) is 10.8. The summed E-state index contributed by atoms with van der Waals surface area (Å²) in [6.45, 7) is 0.681. The smallest absolute Gasteiger partial charge is 0.321 e. The summed E-state index contributed by atoms with van der Waals surface area (Å²) in [4.78, 5) is 10.7. The number of thioether (sulfide) groups is 1. The molecule has 1 saturated heterocycles. The molecule has 2 heterocycles. The molecule has 0 spiro atoms. The molecule has 0 amide bonds. The minimum Gasteiger partial charge on any atom is -0.480 e. The third-order valence-electron chi connectivity index (χ3n) is 2.10. The predicted molar refractivity (Wildman–Crippen MR) is 60.7 cm³/mol. The van der Waals surface area contributed by atoms with E-state index in [-0.39, 0.29) is 5.37 Å². The number of hydrogen-bond acceptors (Lipinski definition) is 4. The van der Waals surface area contributed by atoms with E-state index in [9.17, 15) is 4.79 Å². The topological polar surface area (TPSA) is 67.1 Å². The third kappa shape index (κ3) is 2.73. The van der Waals surface area contributed by atoms with Crippen molar-refractivity contribution < 1.29 is 9.90 Å². The first kappa shape index (κ1) is 11.0. The van der Waals surface area contributed by atoms with Crippen LogP contribution in [0, 0.1) is 0 Å². The van der Waals surface area contributed by atoms with Gasteiger partial charge in [0.25, 0.3) is 0 Å². The van der Waals surface area contributed by atoms with Gasteiger partial charge in [-0.2, -0.15) is 5.10 Å². The van der Waals surface area contributed by atoms with Gasteiger partial charge in [-0.3, -0.25) is 14.8 Å². The van der Waals surface area contributed by atoms with Crippen molar-refractivity contribution in [3.8, 4) is 0 Å². The van der Waals surface area contributed by atoms with Crippen molar-refractivity contribution in [1.82, 2.24) is 15.1 Å². The highest BCUT2D eigenvalue weighted by atomic mass is 79.9. The second kappa shape index (κ2) is 4.54. The fourth-order valence-corrected chi connectivity index (χ4v) is 2.90. The molecule has 1 aliphatic heterocycles. The van der Waals surface area contributed by atoms with E-state index < -0.39 is 12.0 Å². The van der Waals surface area contributed by atoms with Crippen molar-refractivity contribution in [3.63, 3.8) is 0 Å². The molecule has 2 atom stereocenters. The first-order chi connectivity index (χ1) is 7.15. The summed E-state index contributed by atoms with van der Waals surface area (Å²) < 4.78 is 2.72. The van der Waals surface area contributed by atoms with Crippen molar-refractivity contribution in [1.29, 1.82) is 0 Å². The van der Waals surface area contributed by atoms with E-state index in [1.165, 1.54) is 0 Å². The molecule has 0 aromatic carbocycles. The molecule has 15 heavy (non-hydrogen) atoms. The lowest BCUT2D eigenvalue weighted by Gasteiger charge is -2.10. The molecule has 0 saturated carbocycles. The molecular weight excluding hydrogens is 282 g/mol. The second-order valence-electron chi connectivity index (χ2n) is 3.26. The van der Waals surface area contributed by atoms with Gasteiger partial charge in [0, 0.05) is 11.9 Å². The Hall–Kier alpha value is -0.530. The maximum atomic E-state index is 10.7. The Morgan fingerprint density at radius 1 is 1.87 bits per heavy atom. The van der Waals surface area contributed by atoms with E-state index in [2.05, 4.69) is 26.3 Å². The van der Waals surface area contributed by atoms with Crippen molar-refractivity contribution in [2.24, 2.45) is 0 Å². The van der Waals surface area contributed by atoms with Crippen molar-refractivity contribution >= 4 is 33.7 Å². The number of halogens is 1. The molecular formula is C8H10BrN3O2S. The van der Waals surface area contributed by atoms with Gasteiger partial charge in [-0.1, -0.05) is 0 Å². The molecule has 2 N–H and O–H groups in total. The van der Waals surface area contributed by atoms with Crippen LogP contribution in [0.4, 0.5) is 0 Å². The molecule has 0 bridgehead atoms. The third-order valence-corrected chi connectivity index (χ3v) is 3.73. The minimum atomic E-state index is -0.786. The number of rotatable bonds is 3. The van der Waals surface area contributed by atoms with Crippen molar-refractivity contribution in [2.45, 2.75) is 18.0 Å². The molecule has 1 aromatic rings. The largest absolute Gasteiger partial charge is 0.480 e. The van der Waals surface area contributed by atoms with Crippen LogP contribution in [-0.4, -0.2) is 38.0 Å². The number of nitrogens with zero attached hydrogens (tertiary/aromatic N) is 2. The van der Waals surface area contributed by atoms with Gasteiger partial charge in [0.05, 0.1) is 22.6 Å². The molecule has 2 rings (SSSR count). The average molecular weight is 292 g/mol. The van der Waals surface area contributed by atoms with E-state index in [4.69, 9.17) is 5.11 Å². The minimum absolute atomic E-state index is 0.123. The SMILES string of the molecule is O=C(O)[C@H]1CS[C@@H](Cn2cc(Br)cn2)N1. The molecule has 0 unspecified atom stereocenters. The highest BCUT2D eigenvalue weighted by Gasteiger charge is 2.29. The summed E-state index contributed by atoms with van der Waals surface area (Å²) in [6, 6.07) is -0.431. The number of aliphatic carboxylic acids is 1. The Bertz CT molecular complexity index is 371. The number of hydrogen-bond donors (Lipinski definition) is 2. The number of nitrogens with one attached hydrogen (secondary N) is 1. The van der Waals surface area contributed by atoms with E-state index in [1.807, 2.05) is 6.20 Å². The van der Waals surface area contributed by atoms with Gasteiger partial charge in [0.1, 0.15) is 6.04 Å². The van der Waals surface area contributed by atoms with Gasteiger partial charge >= 0.3 is 5.97 Å². The summed E-state index contributed by atoms with van der Waals surface area (Å²) in [6.07, 6.45) is 3.59. The molecule has 0 radical (unpaired) electrons. The standard InChI is InChI=1S/C8H10BrN3O2S/c9-5-1-10-12(2-5)3-7-11-6(4-15-7)8(13)14/h1-2,6-7,11H,3-4H2,(H,13,14)/t6-,7+/m1/s1. The summed E-state index contributed by atoms with van der Waals surface area (Å²) in [5.74, 6) is -0.172. The second-order valence-corrected chi connectivity index (χ2v) is 5.41. The first-order valence-corrected chi connectivity index (χ1v) is 6.28. The van der Waals surface area contributed by atoms with E-state index in [0.29, 0.717) is 12.3 Å². The Morgan fingerprint density at radius 2 is 2.67 bits per heavy atom. The molecule has 1 fully saturated rings. The number of aromatic nitrogens is 2. The van der Waals surface area contributed by atoms with Crippen molar-refractivity contribution in [3.05, 3.63) is 16.9 Å². The predicted octanol–water partition coefficient (Wildman–Crippen LogP) is 0.761. The molecule has 0 aliphatic carbocycles. The van der Waals surface area contributed by atoms with Crippen LogP contribution < -0.4 is 5.32 Å². The van der Waals surface area contributed by atoms with Gasteiger partial charge in [0.2, 0.25) is 0 Å². The Kier molecular flexibility index (Phi) is 3.32. The Labute approximate surface area is 99.4 Å². The van der Waals surface area contributed by atoms with Gasteiger partial charge in [-0.15, -0.1) is 11.8 Å². The summed E-state index contributed by atoms with van der Waals surface area (Å²) in [5.41, 5.74) is 0. The number of carboxylic acid groups (broad SMARTS) is 1.